The number of nitrogens with zero attached hydrogens (tertiary/aromatic N) is 1. The summed E-state index contributed by atoms with van der Waals surface area (Å²) in [5, 5.41) is 5.74. The molecule has 0 radical (unpaired) electrons. The molecule has 2 rings (SSSR count). The third-order valence-electron chi connectivity index (χ3n) is 4.02. The van der Waals surface area contributed by atoms with Crippen LogP contribution in [0, 0.1) is 0 Å². The van der Waals surface area contributed by atoms with Gasteiger partial charge in [-0.2, -0.15) is 0 Å². The van der Waals surface area contributed by atoms with Gasteiger partial charge < -0.3 is 25.0 Å². The van der Waals surface area contributed by atoms with Crippen molar-refractivity contribution in [2.75, 3.05) is 46.2 Å². The molecule has 1 fully saturated rings. The van der Waals surface area contributed by atoms with Crippen molar-refractivity contribution in [3.05, 3.63) is 17.7 Å². The fourth-order valence-corrected chi connectivity index (χ4v) is 2.70. The first-order valence-electron chi connectivity index (χ1n) is 8.10. The van der Waals surface area contributed by atoms with Crippen LogP contribution in [0.25, 0.3) is 0 Å². The standard InChI is InChI=1S/C17H25N3O4/c1-18-7-6-16(21)19-13-11-15(24-3)14(23-2)10-12(13)17(22)20-8-4-5-9-20/h10-11,18H,4-9H2,1-3H3,(H,19,21). The minimum atomic E-state index is -0.160. The zero-order valence-corrected chi connectivity index (χ0v) is 14.5. The zero-order valence-electron chi connectivity index (χ0n) is 14.5. The highest BCUT2D eigenvalue weighted by molar-refractivity contribution is 6.04. The first-order valence-corrected chi connectivity index (χ1v) is 8.10. The fourth-order valence-electron chi connectivity index (χ4n) is 2.70. The van der Waals surface area contributed by atoms with Crippen LogP contribution in [0.1, 0.15) is 29.6 Å². The Morgan fingerprint density at radius 3 is 2.33 bits per heavy atom. The van der Waals surface area contributed by atoms with E-state index < -0.39 is 0 Å². The highest BCUT2D eigenvalue weighted by Gasteiger charge is 2.24. The van der Waals surface area contributed by atoms with Crippen LogP contribution in [0.4, 0.5) is 5.69 Å². The minimum absolute atomic E-state index is 0.0997. The third-order valence-corrected chi connectivity index (χ3v) is 4.02. The first kappa shape index (κ1) is 18.1. The lowest BCUT2D eigenvalue weighted by molar-refractivity contribution is -0.116. The number of hydrogen-bond acceptors (Lipinski definition) is 5. The number of ether oxygens (including phenoxy) is 2. The summed E-state index contributed by atoms with van der Waals surface area (Å²) in [7, 11) is 4.82. The van der Waals surface area contributed by atoms with Crippen LogP contribution in [-0.2, 0) is 4.79 Å². The summed E-state index contributed by atoms with van der Waals surface area (Å²) in [4.78, 5) is 26.7. The monoisotopic (exact) mass is 335 g/mol. The molecule has 7 heteroatoms. The van der Waals surface area contributed by atoms with Crippen LogP contribution in [0.2, 0.25) is 0 Å². The number of methoxy groups -OCH3 is 2. The van der Waals surface area contributed by atoms with Gasteiger partial charge in [0, 0.05) is 32.1 Å². The molecular weight excluding hydrogens is 310 g/mol. The molecule has 2 amide bonds. The largest absolute Gasteiger partial charge is 0.493 e. The second-order valence-corrected chi connectivity index (χ2v) is 5.65. The van der Waals surface area contributed by atoms with E-state index in [1.165, 1.54) is 14.2 Å². The zero-order chi connectivity index (χ0) is 17.5. The van der Waals surface area contributed by atoms with Crippen LogP contribution in [0.5, 0.6) is 11.5 Å². The molecule has 7 nitrogen and oxygen atoms in total. The molecule has 1 aromatic rings. The van der Waals surface area contributed by atoms with E-state index in [0.717, 1.165) is 25.9 Å². The summed E-state index contributed by atoms with van der Waals surface area (Å²) < 4.78 is 10.6. The van der Waals surface area contributed by atoms with Gasteiger partial charge in [-0.15, -0.1) is 0 Å². The normalized spacial score (nSPS) is 13.7. The summed E-state index contributed by atoms with van der Waals surface area (Å²) in [6.07, 6.45) is 2.33. The average Bonchev–Trinajstić information content (AvgIpc) is 3.13. The van der Waals surface area contributed by atoms with Crippen LogP contribution in [0.15, 0.2) is 12.1 Å². The van der Waals surface area contributed by atoms with Crippen molar-refractivity contribution in [1.82, 2.24) is 10.2 Å². The molecule has 0 bridgehead atoms. The summed E-state index contributed by atoms with van der Waals surface area (Å²) in [6, 6.07) is 3.27. The van der Waals surface area contributed by atoms with Gasteiger partial charge in [0.05, 0.1) is 25.5 Å². The number of carbonyl (C=O) groups is 2. The maximum Gasteiger partial charge on any atom is 0.256 e. The quantitative estimate of drug-likeness (QED) is 0.789. The number of benzene rings is 1. The van der Waals surface area contributed by atoms with Gasteiger partial charge in [-0.1, -0.05) is 0 Å². The molecule has 24 heavy (non-hydrogen) atoms. The predicted molar refractivity (Wildman–Crippen MR) is 91.9 cm³/mol. The summed E-state index contributed by atoms with van der Waals surface area (Å²) in [5.41, 5.74) is 0.873. The van der Waals surface area contributed by atoms with Gasteiger partial charge >= 0.3 is 0 Å². The molecule has 0 aromatic heterocycles. The Labute approximate surface area is 142 Å². The summed E-state index contributed by atoms with van der Waals surface area (Å²) >= 11 is 0. The van der Waals surface area contributed by atoms with E-state index in [4.69, 9.17) is 9.47 Å². The molecule has 1 aliphatic heterocycles. The fraction of sp³-hybridized carbons (Fsp3) is 0.529. The van der Waals surface area contributed by atoms with E-state index in [9.17, 15) is 9.59 Å². The molecule has 1 heterocycles. The van der Waals surface area contributed by atoms with Gasteiger partial charge in [-0.25, -0.2) is 0 Å². The molecule has 2 N–H and O–H groups in total. The highest BCUT2D eigenvalue weighted by Crippen LogP contribution is 2.34. The lowest BCUT2D eigenvalue weighted by atomic mass is 10.1. The number of rotatable bonds is 7. The molecule has 132 valence electrons. The summed E-state index contributed by atoms with van der Waals surface area (Å²) in [6.45, 7) is 2.04. The lowest BCUT2D eigenvalue weighted by Crippen LogP contribution is -2.29. The topological polar surface area (TPSA) is 79.9 Å². The van der Waals surface area contributed by atoms with Crippen molar-refractivity contribution in [2.24, 2.45) is 0 Å². The van der Waals surface area contributed by atoms with Gasteiger partial charge in [0.1, 0.15) is 0 Å². The van der Waals surface area contributed by atoms with Crippen molar-refractivity contribution in [1.29, 1.82) is 0 Å². The highest BCUT2D eigenvalue weighted by atomic mass is 16.5. The van der Waals surface area contributed by atoms with Gasteiger partial charge in [-0.3, -0.25) is 9.59 Å². The van der Waals surface area contributed by atoms with E-state index in [2.05, 4.69) is 10.6 Å². The van der Waals surface area contributed by atoms with E-state index in [1.54, 1.807) is 24.1 Å². The maximum atomic E-state index is 12.8. The lowest BCUT2D eigenvalue weighted by Gasteiger charge is -2.20. The molecule has 0 atom stereocenters. The molecule has 1 aliphatic rings. The number of hydrogen-bond donors (Lipinski definition) is 2. The molecule has 0 saturated carbocycles. The van der Waals surface area contributed by atoms with Crippen molar-refractivity contribution in [3.8, 4) is 11.5 Å². The third kappa shape index (κ3) is 4.17. The second-order valence-electron chi connectivity index (χ2n) is 5.65. The summed E-state index contributed by atoms with van der Waals surface area (Å²) in [5.74, 6) is 0.678. The smallest absolute Gasteiger partial charge is 0.256 e. The van der Waals surface area contributed by atoms with Gasteiger partial charge in [0.25, 0.3) is 5.91 Å². The van der Waals surface area contributed by atoms with E-state index in [1.807, 2.05) is 0 Å². The maximum absolute atomic E-state index is 12.8. The Bertz CT molecular complexity index is 598. The van der Waals surface area contributed by atoms with Crippen LogP contribution >= 0.6 is 0 Å². The van der Waals surface area contributed by atoms with Crippen molar-refractivity contribution in [3.63, 3.8) is 0 Å². The SMILES string of the molecule is CNCCC(=O)Nc1cc(OC)c(OC)cc1C(=O)N1CCCC1. The van der Waals surface area contributed by atoms with Crippen LogP contribution < -0.4 is 20.1 Å². The number of nitrogens with one attached hydrogen (secondary N) is 2. The molecular formula is C17H25N3O4. The van der Waals surface area contributed by atoms with Gasteiger partial charge in [0.2, 0.25) is 5.91 Å². The van der Waals surface area contributed by atoms with E-state index in [0.29, 0.717) is 35.7 Å². The van der Waals surface area contributed by atoms with Gasteiger partial charge in [-0.05, 0) is 26.0 Å². The molecule has 1 saturated heterocycles. The first-order chi connectivity index (χ1) is 11.6. The van der Waals surface area contributed by atoms with Crippen molar-refractivity contribution < 1.29 is 19.1 Å². The Balaban J connectivity index is 2.33. The number of amides is 2. The van der Waals surface area contributed by atoms with Crippen LogP contribution in [0.3, 0.4) is 0 Å². The number of anilines is 1. The van der Waals surface area contributed by atoms with E-state index >= 15 is 0 Å². The second kappa shape index (κ2) is 8.54. The Morgan fingerprint density at radius 2 is 1.75 bits per heavy atom. The Hall–Kier alpha value is -2.28. The minimum Gasteiger partial charge on any atom is -0.493 e. The number of likely N-dealkylation sites (tertiary alicyclic amines) is 1. The number of carbonyl (C=O) groups excluding carboxylic acids is 2. The molecule has 0 aliphatic carbocycles. The van der Waals surface area contributed by atoms with Crippen molar-refractivity contribution in [2.45, 2.75) is 19.3 Å². The van der Waals surface area contributed by atoms with Crippen LogP contribution in [-0.4, -0.2) is 57.6 Å². The molecule has 1 aromatic carbocycles. The van der Waals surface area contributed by atoms with Gasteiger partial charge in [0.15, 0.2) is 11.5 Å². The Kier molecular flexibility index (Phi) is 6.43. The molecule has 0 unspecified atom stereocenters. The predicted octanol–water partition coefficient (Wildman–Crippen LogP) is 1.49. The molecule has 0 spiro atoms. The Morgan fingerprint density at radius 1 is 1.12 bits per heavy atom. The average molecular weight is 335 g/mol. The van der Waals surface area contributed by atoms with Crippen molar-refractivity contribution >= 4 is 17.5 Å². The van der Waals surface area contributed by atoms with E-state index in [-0.39, 0.29) is 11.8 Å².